The molecule has 1 aromatic carbocycles. The molecule has 0 spiro atoms. The second kappa shape index (κ2) is 7.43. The molecule has 3 rings (SSSR count). The van der Waals surface area contributed by atoms with Crippen molar-refractivity contribution in [2.24, 2.45) is 0 Å². The number of nitrogens with one attached hydrogen (secondary N) is 1. The molecule has 0 radical (unpaired) electrons. The van der Waals surface area contributed by atoms with Gasteiger partial charge >= 0.3 is 0 Å². The molecule has 1 fully saturated rings. The maximum atomic E-state index is 12.9. The number of aromatic nitrogens is 2. The Morgan fingerprint density at radius 1 is 1.33 bits per heavy atom. The van der Waals surface area contributed by atoms with Gasteiger partial charge in [0.1, 0.15) is 0 Å². The number of thioether (sulfide) groups is 1. The number of amides is 1. The first kappa shape index (κ1) is 17.1. The van der Waals surface area contributed by atoms with Crippen LogP contribution in [-0.4, -0.2) is 38.6 Å². The fourth-order valence-corrected chi connectivity index (χ4v) is 4.68. The Morgan fingerprint density at radius 2 is 2.08 bits per heavy atom. The number of rotatable bonds is 4. The molecule has 0 aliphatic carbocycles. The van der Waals surface area contributed by atoms with Gasteiger partial charge in [-0.2, -0.15) is 16.9 Å². The summed E-state index contributed by atoms with van der Waals surface area (Å²) in [6.07, 6.45) is 1.30. The van der Waals surface area contributed by atoms with E-state index < -0.39 is 0 Å². The predicted molar refractivity (Wildman–Crippen MR) is 99.2 cm³/mol. The molecule has 1 aromatic heterocycles. The Balaban J connectivity index is 1.74. The van der Waals surface area contributed by atoms with Gasteiger partial charge in [0.05, 0.1) is 11.7 Å². The number of hydrogen-bond donors (Lipinski definition) is 1. The van der Waals surface area contributed by atoms with Crippen molar-refractivity contribution < 1.29 is 4.79 Å². The van der Waals surface area contributed by atoms with Gasteiger partial charge in [-0.1, -0.05) is 37.3 Å². The third-order valence-corrected chi connectivity index (χ3v) is 6.03. The molecule has 1 aliphatic heterocycles. The molecule has 0 bridgehead atoms. The Kier molecular flexibility index (Phi) is 5.29. The molecular formula is C19H25N3OS. The van der Waals surface area contributed by atoms with Gasteiger partial charge in [0, 0.05) is 29.7 Å². The zero-order valence-electron chi connectivity index (χ0n) is 14.6. The third-order valence-electron chi connectivity index (χ3n) is 4.82. The number of carbonyl (C=O) groups excluding carboxylic acids is 1. The van der Waals surface area contributed by atoms with E-state index >= 15 is 0 Å². The lowest BCUT2D eigenvalue weighted by Gasteiger charge is -2.40. The standard InChI is InChI=1S/C19H25N3OS/c1-13-17(14(2)21-20-13)9-10-18(23)22-11-12-24-15(3)19(22)16-7-5-4-6-8-16/h4-8,15,19H,9-12H2,1-3H3,(H,20,21)/t15-,19-/m1/s1. The van der Waals surface area contributed by atoms with Gasteiger partial charge in [0.25, 0.3) is 0 Å². The zero-order chi connectivity index (χ0) is 17.1. The Bertz CT molecular complexity index is 678. The van der Waals surface area contributed by atoms with Crippen molar-refractivity contribution in [3.8, 4) is 0 Å². The van der Waals surface area contributed by atoms with Crippen molar-refractivity contribution in [1.82, 2.24) is 15.1 Å². The summed E-state index contributed by atoms with van der Waals surface area (Å²) in [7, 11) is 0. The van der Waals surface area contributed by atoms with Crippen LogP contribution >= 0.6 is 11.8 Å². The summed E-state index contributed by atoms with van der Waals surface area (Å²) in [5.41, 5.74) is 4.49. The van der Waals surface area contributed by atoms with E-state index in [-0.39, 0.29) is 11.9 Å². The molecule has 0 unspecified atom stereocenters. The Hall–Kier alpha value is -1.75. The molecule has 1 amide bonds. The first-order chi connectivity index (χ1) is 11.6. The van der Waals surface area contributed by atoms with Crippen molar-refractivity contribution in [3.05, 3.63) is 52.8 Å². The second-order valence-corrected chi connectivity index (χ2v) is 7.92. The fourth-order valence-electron chi connectivity index (χ4n) is 3.52. The minimum Gasteiger partial charge on any atom is -0.334 e. The summed E-state index contributed by atoms with van der Waals surface area (Å²) in [6.45, 7) is 7.07. The van der Waals surface area contributed by atoms with Gasteiger partial charge in [0.15, 0.2) is 0 Å². The number of carbonyl (C=O) groups is 1. The van der Waals surface area contributed by atoms with E-state index in [9.17, 15) is 4.79 Å². The highest BCUT2D eigenvalue weighted by Crippen LogP contribution is 2.36. The summed E-state index contributed by atoms with van der Waals surface area (Å²) in [5.74, 6) is 1.26. The number of hydrogen-bond acceptors (Lipinski definition) is 3. The summed E-state index contributed by atoms with van der Waals surface area (Å²) in [4.78, 5) is 15.0. The van der Waals surface area contributed by atoms with E-state index in [0.717, 1.165) is 30.1 Å². The normalized spacial score (nSPS) is 21.0. The van der Waals surface area contributed by atoms with Crippen LogP contribution in [0.5, 0.6) is 0 Å². The van der Waals surface area contributed by atoms with E-state index in [1.807, 2.05) is 31.7 Å². The highest BCUT2D eigenvalue weighted by atomic mass is 32.2. The lowest BCUT2D eigenvalue weighted by Crippen LogP contribution is -2.44. The van der Waals surface area contributed by atoms with Crippen LogP contribution in [0.2, 0.25) is 0 Å². The summed E-state index contributed by atoms with van der Waals surface area (Å²) >= 11 is 1.95. The quantitative estimate of drug-likeness (QED) is 0.921. The van der Waals surface area contributed by atoms with Crippen molar-refractivity contribution in [2.45, 2.75) is 44.9 Å². The summed E-state index contributed by atoms with van der Waals surface area (Å²) < 4.78 is 0. The van der Waals surface area contributed by atoms with Gasteiger partial charge in [-0.3, -0.25) is 9.89 Å². The first-order valence-corrected chi connectivity index (χ1v) is 9.59. The van der Waals surface area contributed by atoms with Crippen LogP contribution < -0.4 is 0 Å². The van der Waals surface area contributed by atoms with E-state index in [1.54, 1.807) is 0 Å². The lowest BCUT2D eigenvalue weighted by atomic mass is 10.0. The van der Waals surface area contributed by atoms with Crippen LogP contribution in [0.3, 0.4) is 0 Å². The Morgan fingerprint density at radius 3 is 2.75 bits per heavy atom. The SMILES string of the molecule is Cc1n[nH]c(C)c1CCC(=O)N1CCS[C@H](C)[C@@H]1c1ccccc1. The molecule has 5 heteroatoms. The maximum Gasteiger partial charge on any atom is 0.223 e. The highest BCUT2D eigenvalue weighted by molar-refractivity contribution is 8.00. The van der Waals surface area contributed by atoms with Crippen LogP contribution in [0.25, 0.3) is 0 Å². The predicted octanol–water partition coefficient (Wildman–Crippen LogP) is 3.66. The molecule has 1 aliphatic rings. The van der Waals surface area contributed by atoms with E-state index in [0.29, 0.717) is 11.7 Å². The van der Waals surface area contributed by atoms with Crippen molar-refractivity contribution >= 4 is 17.7 Å². The van der Waals surface area contributed by atoms with E-state index in [1.165, 1.54) is 11.1 Å². The number of H-pyrrole nitrogens is 1. The van der Waals surface area contributed by atoms with Gasteiger partial charge in [-0.25, -0.2) is 0 Å². The van der Waals surface area contributed by atoms with Crippen LogP contribution in [0, 0.1) is 13.8 Å². The first-order valence-electron chi connectivity index (χ1n) is 8.54. The molecule has 1 saturated heterocycles. The van der Waals surface area contributed by atoms with Gasteiger partial charge in [-0.05, 0) is 31.4 Å². The monoisotopic (exact) mass is 343 g/mol. The van der Waals surface area contributed by atoms with Crippen LogP contribution in [0.4, 0.5) is 0 Å². The Labute approximate surface area is 148 Å². The smallest absolute Gasteiger partial charge is 0.223 e. The van der Waals surface area contributed by atoms with Gasteiger partial charge in [0.2, 0.25) is 5.91 Å². The van der Waals surface area contributed by atoms with Crippen LogP contribution in [0.15, 0.2) is 30.3 Å². The molecule has 128 valence electrons. The maximum absolute atomic E-state index is 12.9. The summed E-state index contributed by atoms with van der Waals surface area (Å²) in [6, 6.07) is 10.6. The molecule has 2 aromatic rings. The van der Waals surface area contributed by atoms with Crippen LogP contribution in [-0.2, 0) is 11.2 Å². The molecule has 1 N–H and O–H groups in total. The molecule has 4 nitrogen and oxygen atoms in total. The number of benzene rings is 1. The van der Waals surface area contributed by atoms with Gasteiger partial charge < -0.3 is 4.90 Å². The minimum absolute atomic E-state index is 0.170. The second-order valence-electron chi connectivity index (χ2n) is 6.43. The minimum atomic E-state index is 0.170. The average molecular weight is 343 g/mol. The van der Waals surface area contributed by atoms with Crippen LogP contribution in [0.1, 0.15) is 41.9 Å². The molecule has 2 atom stereocenters. The number of aryl methyl sites for hydroxylation is 2. The summed E-state index contributed by atoms with van der Waals surface area (Å²) in [5, 5.41) is 7.65. The number of nitrogens with zero attached hydrogens (tertiary/aromatic N) is 2. The highest BCUT2D eigenvalue weighted by Gasteiger charge is 2.33. The molecular weight excluding hydrogens is 318 g/mol. The van der Waals surface area contributed by atoms with Crippen molar-refractivity contribution in [3.63, 3.8) is 0 Å². The molecule has 24 heavy (non-hydrogen) atoms. The molecule has 0 saturated carbocycles. The third kappa shape index (κ3) is 3.51. The fraction of sp³-hybridized carbons (Fsp3) is 0.474. The van der Waals surface area contributed by atoms with E-state index in [2.05, 4.69) is 46.3 Å². The van der Waals surface area contributed by atoms with Gasteiger partial charge in [-0.15, -0.1) is 0 Å². The topological polar surface area (TPSA) is 49.0 Å². The lowest BCUT2D eigenvalue weighted by molar-refractivity contribution is -0.133. The molecule has 2 heterocycles. The largest absolute Gasteiger partial charge is 0.334 e. The van der Waals surface area contributed by atoms with E-state index in [4.69, 9.17) is 0 Å². The number of aromatic amines is 1. The zero-order valence-corrected chi connectivity index (χ0v) is 15.4. The van der Waals surface area contributed by atoms with Crippen molar-refractivity contribution in [1.29, 1.82) is 0 Å². The average Bonchev–Trinajstić information content (AvgIpc) is 2.91. The van der Waals surface area contributed by atoms with Crippen molar-refractivity contribution in [2.75, 3.05) is 12.3 Å².